The van der Waals surface area contributed by atoms with Crippen LogP contribution >= 0.6 is 0 Å². The maximum absolute atomic E-state index is 12.3. The molecular weight excluding hydrogens is 424 g/mol. The van der Waals surface area contributed by atoms with Crippen molar-refractivity contribution in [3.63, 3.8) is 0 Å². The highest BCUT2D eigenvalue weighted by molar-refractivity contribution is 5.79. The van der Waals surface area contributed by atoms with Crippen LogP contribution in [0.1, 0.15) is 36.3 Å². The molecule has 1 atom stereocenters. The molecule has 0 bridgehead atoms. The van der Waals surface area contributed by atoms with Gasteiger partial charge in [0.15, 0.2) is 0 Å². The predicted molar refractivity (Wildman–Crippen MR) is 121 cm³/mol. The van der Waals surface area contributed by atoms with E-state index in [4.69, 9.17) is 9.84 Å². The molecule has 1 aliphatic heterocycles. The molecule has 8 nitrogen and oxygen atoms in total. The molecule has 1 saturated heterocycles. The number of likely N-dealkylation sites (tertiary alicyclic amines) is 1. The van der Waals surface area contributed by atoms with Gasteiger partial charge in [-0.3, -0.25) is 9.59 Å². The van der Waals surface area contributed by atoms with Crippen molar-refractivity contribution in [2.24, 2.45) is 5.92 Å². The van der Waals surface area contributed by atoms with Crippen LogP contribution in [0.5, 0.6) is 0 Å². The lowest BCUT2D eigenvalue weighted by molar-refractivity contribution is -0.146. The number of hydrogen-bond donors (Lipinski definition) is 3. The maximum Gasteiger partial charge on any atom is 0.407 e. The van der Waals surface area contributed by atoms with Crippen molar-refractivity contribution >= 4 is 18.0 Å². The van der Waals surface area contributed by atoms with Gasteiger partial charge < -0.3 is 25.2 Å². The Labute approximate surface area is 192 Å². The summed E-state index contributed by atoms with van der Waals surface area (Å²) in [6.07, 6.45) is -1.01. The zero-order valence-electron chi connectivity index (χ0n) is 18.3. The Morgan fingerprint density at radius 3 is 2.15 bits per heavy atom. The minimum Gasteiger partial charge on any atom is -0.481 e. The number of nitrogens with zero attached hydrogens (tertiary/aromatic N) is 1. The number of ether oxygens (including phenoxy) is 1. The molecule has 4 rings (SSSR count). The molecule has 2 aromatic rings. The van der Waals surface area contributed by atoms with Crippen molar-refractivity contribution < 1.29 is 29.3 Å². The Morgan fingerprint density at radius 2 is 1.58 bits per heavy atom. The first-order chi connectivity index (χ1) is 15.9. The number of alkyl carbamates (subject to hydrolysis) is 1. The predicted octanol–water partition coefficient (Wildman–Crippen LogP) is 2.60. The van der Waals surface area contributed by atoms with Crippen molar-refractivity contribution in [2.75, 3.05) is 26.2 Å². The number of piperidine rings is 1. The van der Waals surface area contributed by atoms with Gasteiger partial charge >= 0.3 is 12.1 Å². The van der Waals surface area contributed by atoms with Gasteiger partial charge in [-0.15, -0.1) is 0 Å². The number of nitrogens with one attached hydrogen (secondary N) is 1. The average molecular weight is 453 g/mol. The fraction of sp³-hybridized carbons (Fsp3) is 0.400. The van der Waals surface area contributed by atoms with E-state index in [-0.39, 0.29) is 31.4 Å². The summed E-state index contributed by atoms with van der Waals surface area (Å²) >= 11 is 0. The lowest BCUT2D eigenvalue weighted by Gasteiger charge is -2.30. The number of amides is 2. The number of carboxylic acids is 1. The fourth-order valence-electron chi connectivity index (χ4n) is 4.63. The van der Waals surface area contributed by atoms with Gasteiger partial charge in [-0.2, -0.15) is 0 Å². The van der Waals surface area contributed by atoms with Gasteiger partial charge in [-0.1, -0.05) is 48.5 Å². The van der Waals surface area contributed by atoms with E-state index in [0.717, 1.165) is 22.3 Å². The highest BCUT2D eigenvalue weighted by Crippen LogP contribution is 2.44. The van der Waals surface area contributed by atoms with Crippen molar-refractivity contribution in [3.8, 4) is 11.1 Å². The molecule has 0 radical (unpaired) electrons. The molecule has 0 aromatic heterocycles. The highest BCUT2D eigenvalue weighted by Gasteiger charge is 2.30. The standard InChI is InChI=1S/C25H28N2O6/c28-17(13-23(29)27-11-9-16(10-12-27)24(30)31)14-26-25(32)33-15-22-20-7-3-1-5-18(20)19-6-2-4-8-21(19)22/h1-8,16-17,22,28H,9-15H2,(H,26,32)(H,30,31). The monoisotopic (exact) mass is 452 g/mol. The normalized spacial score (nSPS) is 16.6. The molecule has 2 aliphatic rings. The van der Waals surface area contributed by atoms with E-state index in [9.17, 15) is 19.5 Å². The summed E-state index contributed by atoms with van der Waals surface area (Å²) in [4.78, 5) is 37.1. The third kappa shape index (κ3) is 5.17. The molecule has 1 unspecified atom stereocenters. The Morgan fingerprint density at radius 1 is 1.00 bits per heavy atom. The van der Waals surface area contributed by atoms with E-state index in [1.54, 1.807) is 4.90 Å². The molecule has 1 heterocycles. The van der Waals surface area contributed by atoms with Crippen molar-refractivity contribution in [1.29, 1.82) is 0 Å². The van der Waals surface area contributed by atoms with Crippen molar-refractivity contribution in [2.45, 2.75) is 31.3 Å². The maximum atomic E-state index is 12.3. The molecule has 0 spiro atoms. The summed E-state index contributed by atoms with van der Waals surface area (Å²) in [5, 5.41) is 21.7. The van der Waals surface area contributed by atoms with Crippen molar-refractivity contribution in [1.82, 2.24) is 10.2 Å². The van der Waals surface area contributed by atoms with Crippen LogP contribution in [0.2, 0.25) is 0 Å². The lowest BCUT2D eigenvalue weighted by Crippen LogP contribution is -2.43. The summed E-state index contributed by atoms with van der Waals surface area (Å²) in [6, 6.07) is 16.1. The summed E-state index contributed by atoms with van der Waals surface area (Å²) in [5.74, 6) is -1.56. The Hall–Kier alpha value is -3.39. The molecule has 3 N–H and O–H groups in total. The zero-order valence-corrected chi connectivity index (χ0v) is 18.3. The van der Waals surface area contributed by atoms with Crippen LogP contribution in [0.3, 0.4) is 0 Å². The number of hydrogen-bond acceptors (Lipinski definition) is 5. The van der Waals surface area contributed by atoms with Crippen LogP contribution in [0.15, 0.2) is 48.5 Å². The summed E-state index contributed by atoms with van der Waals surface area (Å²) in [7, 11) is 0. The zero-order chi connectivity index (χ0) is 23.4. The second kappa shape index (κ2) is 10.0. The van der Waals surface area contributed by atoms with E-state index in [1.165, 1.54) is 0 Å². The minimum absolute atomic E-state index is 0.0524. The molecule has 2 amide bonds. The first-order valence-electron chi connectivity index (χ1n) is 11.2. The van der Waals surface area contributed by atoms with E-state index in [2.05, 4.69) is 17.4 Å². The number of benzene rings is 2. The first kappa shape index (κ1) is 22.8. The fourth-order valence-corrected chi connectivity index (χ4v) is 4.63. The highest BCUT2D eigenvalue weighted by atomic mass is 16.5. The molecule has 8 heteroatoms. The van der Waals surface area contributed by atoms with E-state index in [1.807, 2.05) is 36.4 Å². The van der Waals surface area contributed by atoms with Gasteiger partial charge in [0.1, 0.15) is 6.61 Å². The lowest BCUT2D eigenvalue weighted by atomic mass is 9.97. The van der Waals surface area contributed by atoms with E-state index < -0.39 is 24.1 Å². The van der Waals surface area contributed by atoms with Gasteiger partial charge in [-0.05, 0) is 35.1 Å². The Kier molecular flexibility index (Phi) is 6.93. The van der Waals surface area contributed by atoms with Gasteiger partial charge in [0.25, 0.3) is 0 Å². The summed E-state index contributed by atoms with van der Waals surface area (Å²) in [6.45, 7) is 0.798. The second-order valence-electron chi connectivity index (χ2n) is 8.56. The summed E-state index contributed by atoms with van der Waals surface area (Å²) in [5.41, 5.74) is 4.51. The van der Waals surface area contributed by atoms with Gasteiger partial charge in [-0.25, -0.2) is 4.79 Å². The number of rotatable bonds is 7. The number of carbonyl (C=O) groups excluding carboxylic acids is 2. The van der Waals surface area contributed by atoms with Gasteiger partial charge in [0, 0.05) is 25.6 Å². The van der Waals surface area contributed by atoms with Crippen LogP contribution in [0.4, 0.5) is 4.79 Å². The van der Waals surface area contributed by atoms with Crippen LogP contribution in [0.25, 0.3) is 11.1 Å². The quantitative estimate of drug-likeness (QED) is 0.595. The number of aliphatic hydroxyl groups is 1. The number of fused-ring (bicyclic) bond motifs is 3. The molecule has 1 fully saturated rings. The Balaban J connectivity index is 1.22. The topological polar surface area (TPSA) is 116 Å². The van der Waals surface area contributed by atoms with Crippen molar-refractivity contribution in [3.05, 3.63) is 59.7 Å². The minimum atomic E-state index is -1.05. The Bertz CT molecular complexity index is 986. The van der Waals surface area contributed by atoms with Gasteiger partial charge in [0.2, 0.25) is 5.91 Å². The van der Waals surface area contributed by atoms with E-state index in [0.29, 0.717) is 25.9 Å². The third-order valence-electron chi connectivity index (χ3n) is 6.43. The number of aliphatic hydroxyl groups excluding tert-OH is 1. The molecule has 2 aromatic carbocycles. The van der Waals surface area contributed by atoms with Crippen LogP contribution < -0.4 is 5.32 Å². The molecule has 0 saturated carbocycles. The van der Waals surface area contributed by atoms with Crippen LogP contribution in [-0.4, -0.2) is 65.4 Å². The first-order valence-corrected chi connectivity index (χ1v) is 11.2. The molecule has 1 aliphatic carbocycles. The average Bonchev–Trinajstić information content (AvgIpc) is 3.15. The smallest absolute Gasteiger partial charge is 0.407 e. The largest absolute Gasteiger partial charge is 0.481 e. The second-order valence-corrected chi connectivity index (χ2v) is 8.56. The molecular formula is C25H28N2O6. The number of aliphatic carboxylic acids is 1. The molecule has 174 valence electrons. The third-order valence-corrected chi connectivity index (χ3v) is 6.43. The van der Waals surface area contributed by atoms with E-state index >= 15 is 0 Å². The number of carbonyl (C=O) groups is 3. The van der Waals surface area contributed by atoms with Crippen LogP contribution in [-0.2, 0) is 14.3 Å². The SMILES string of the molecule is O=C(NCC(O)CC(=O)N1CCC(C(=O)O)CC1)OCC1c2ccccc2-c2ccccc21. The van der Waals surface area contributed by atoms with Crippen LogP contribution in [0, 0.1) is 5.92 Å². The van der Waals surface area contributed by atoms with Gasteiger partial charge in [0.05, 0.1) is 18.4 Å². The molecule has 33 heavy (non-hydrogen) atoms. The summed E-state index contributed by atoms with van der Waals surface area (Å²) < 4.78 is 5.43. The number of carboxylic acid groups (broad SMARTS) is 1.